The van der Waals surface area contributed by atoms with Gasteiger partial charge in [-0.1, -0.05) is 12.1 Å². The number of nitrogens with one attached hydrogen (secondary N) is 1. The number of anilines is 1. The molecule has 0 fully saturated rings. The van der Waals surface area contributed by atoms with Gasteiger partial charge in [-0.15, -0.1) is 0 Å². The third kappa shape index (κ3) is 3.82. The van der Waals surface area contributed by atoms with Gasteiger partial charge in [0.2, 0.25) is 0 Å². The summed E-state index contributed by atoms with van der Waals surface area (Å²) in [6.07, 6.45) is 1.83. The van der Waals surface area contributed by atoms with Crippen LogP contribution < -0.4 is 5.32 Å². The number of nitrogens with zero attached hydrogens (tertiary/aromatic N) is 3. The molecule has 0 aliphatic carbocycles. The maximum Gasteiger partial charge on any atom is 0.173 e. The molecule has 1 aromatic carbocycles. The van der Waals surface area contributed by atoms with Crippen LogP contribution in [0.2, 0.25) is 0 Å². The topological polar surface area (TPSA) is 33.1 Å². The second-order valence-electron chi connectivity index (χ2n) is 5.24. The van der Waals surface area contributed by atoms with E-state index in [2.05, 4.69) is 49.4 Å². The highest BCUT2D eigenvalue weighted by atomic mass is 32.1. The Morgan fingerprint density at radius 3 is 2.81 bits per heavy atom. The summed E-state index contributed by atoms with van der Waals surface area (Å²) in [5.41, 5.74) is 4.63. The van der Waals surface area contributed by atoms with E-state index in [0.29, 0.717) is 5.11 Å². The number of hydrogen-bond acceptors (Lipinski definition) is 2. The summed E-state index contributed by atoms with van der Waals surface area (Å²) < 4.78 is 1.98. The van der Waals surface area contributed by atoms with Crippen LogP contribution in [0.15, 0.2) is 30.5 Å². The molecule has 0 unspecified atom stereocenters. The van der Waals surface area contributed by atoms with Crippen LogP contribution in [0.25, 0.3) is 0 Å². The Morgan fingerprint density at radius 1 is 1.33 bits per heavy atom. The van der Waals surface area contributed by atoms with E-state index in [1.807, 2.05) is 28.9 Å². The Bertz CT molecular complexity index is 633. The van der Waals surface area contributed by atoms with E-state index in [1.165, 1.54) is 11.1 Å². The van der Waals surface area contributed by atoms with E-state index < -0.39 is 0 Å². The standard InChI is InChI=1S/C16H22N4S/c1-5-20-14(8-9-17-20)11-19(4)16(21)18-15-10-12(2)6-7-13(15)3/h6-10H,5,11H2,1-4H3,(H,18,21). The summed E-state index contributed by atoms with van der Waals surface area (Å²) in [7, 11) is 1.99. The van der Waals surface area contributed by atoms with E-state index in [-0.39, 0.29) is 0 Å². The number of thiocarbonyl (C=S) groups is 1. The van der Waals surface area contributed by atoms with Crippen LogP contribution in [-0.2, 0) is 13.1 Å². The average Bonchev–Trinajstić information content (AvgIpc) is 2.90. The molecule has 1 heterocycles. The summed E-state index contributed by atoms with van der Waals surface area (Å²) in [6.45, 7) is 7.86. The monoisotopic (exact) mass is 302 g/mol. The fourth-order valence-corrected chi connectivity index (χ4v) is 2.35. The van der Waals surface area contributed by atoms with Crippen molar-refractivity contribution in [2.24, 2.45) is 0 Å². The fourth-order valence-electron chi connectivity index (χ4n) is 2.18. The van der Waals surface area contributed by atoms with Crippen LogP contribution in [-0.4, -0.2) is 26.8 Å². The molecule has 0 amide bonds. The van der Waals surface area contributed by atoms with Crippen LogP contribution in [0.4, 0.5) is 5.69 Å². The van der Waals surface area contributed by atoms with Gasteiger partial charge in [0, 0.05) is 25.5 Å². The molecule has 0 radical (unpaired) electrons. The van der Waals surface area contributed by atoms with Crippen molar-refractivity contribution < 1.29 is 0 Å². The molecule has 0 saturated carbocycles. The first-order chi connectivity index (χ1) is 10.0. The highest BCUT2D eigenvalue weighted by Crippen LogP contribution is 2.17. The van der Waals surface area contributed by atoms with Gasteiger partial charge in [-0.2, -0.15) is 5.10 Å². The predicted molar refractivity (Wildman–Crippen MR) is 91.5 cm³/mol. The molecular weight excluding hydrogens is 280 g/mol. The lowest BCUT2D eigenvalue weighted by Crippen LogP contribution is -2.31. The van der Waals surface area contributed by atoms with Crippen molar-refractivity contribution in [2.75, 3.05) is 12.4 Å². The van der Waals surface area contributed by atoms with Gasteiger partial charge in [-0.05, 0) is 56.2 Å². The second-order valence-corrected chi connectivity index (χ2v) is 5.63. The first kappa shape index (κ1) is 15.5. The van der Waals surface area contributed by atoms with Gasteiger partial charge in [-0.25, -0.2) is 0 Å². The van der Waals surface area contributed by atoms with Crippen LogP contribution in [0.5, 0.6) is 0 Å². The second kappa shape index (κ2) is 6.72. The van der Waals surface area contributed by atoms with Gasteiger partial charge in [0.15, 0.2) is 5.11 Å². The first-order valence-corrected chi connectivity index (χ1v) is 7.52. The van der Waals surface area contributed by atoms with Crippen molar-refractivity contribution in [1.82, 2.24) is 14.7 Å². The Hall–Kier alpha value is -1.88. The fraction of sp³-hybridized carbons (Fsp3) is 0.375. The molecule has 1 N–H and O–H groups in total. The molecule has 1 aromatic heterocycles. The minimum Gasteiger partial charge on any atom is -0.346 e. The van der Waals surface area contributed by atoms with Crippen LogP contribution in [0.3, 0.4) is 0 Å². The van der Waals surface area contributed by atoms with Crippen LogP contribution in [0.1, 0.15) is 23.7 Å². The molecule has 0 bridgehead atoms. The van der Waals surface area contributed by atoms with Gasteiger partial charge < -0.3 is 10.2 Å². The van der Waals surface area contributed by atoms with Crippen LogP contribution >= 0.6 is 12.2 Å². The quantitative estimate of drug-likeness (QED) is 0.878. The zero-order valence-corrected chi connectivity index (χ0v) is 13.9. The molecule has 112 valence electrons. The van der Waals surface area contributed by atoms with Crippen molar-refractivity contribution in [1.29, 1.82) is 0 Å². The molecule has 0 aliphatic heterocycles. The van der Waals surface area contributed by atoms with Crippen molar-refractivity contribution in [3.05, 3.63) is 47.3 Å². The zero-order chi connectivity index (χ0) is 15.4. The molecule has 4 nitrogen and oxygen atoms in total. The lowest BCUT2D eigenvalue weighted by Gasteiger charge is -2.22. The minimum atomic E-state index is 0.715. The van der Waals surface area contributed by atoms with Crippen molar-refractivity contribution >= 4 is 23.0 Å². The summed E-state index contributed by atoms with van der Waals surface area (Å²) in [5.74, 6) is 0. The number of hydrogen-bond donors (Lipinski definition) is 1. The molecule has 2 rings (SSSR count). The van der Waals surface area contributed by atoms with Crippen molar-refractivity contribution in [3.63, 3.8) is 0 Å². The summed E-state index contributed by atoms with van der Waals surface area (Å²) >= 11 is 5.50. The highest BCUT2D eigenvalue weighted by Gasteiger charge is 2.09. The van der Waals surface area contributed by atoms with Gasteiger partial charge in [0.1, 0.15) is 0 Å². The van der Waals surface area contributed by atoms with E-state index in [4.69, 9.17) is 12.2 Å². The molecule has 5 heteroatoms. The minimum absolute atomic E-state index is 0.715. The van der Waals surface area contributed by atoms with E-state index >= 15 is 0 Å². The van der Waals surface area contributed by atoms with E-state index in [9.17, 15) is 0 Å². The highest BCUT2D eigenvalue weighted by molar-refractivity contribution is 7.80. The largest absolute Gasteiger partial charge is 0.346 e. The Labute approximate surface area is 131 Å². The normalized spacial score (nSPS) is 10.5. The Balaban J connectivity index is 2.04. The zero-order valence-electron chi connectivity index (χ0n) is 13.1. The average molecular weight is 302 g/mol. The summed E-state index contributed by atoms with van der Waals surface area (Å²) in [6, 6.07) is 8.35. The molecular formula is C16H22N4S. The van der Waals surface area contributed by atoms with E-state index in [0.717, 1.165) is 24.5 Å². The molecule has 0 spiro atoms. The SMILES string of the molecule is CCn1nccc1CN(C)C(=S)Nc1cc(C)ccc1C. The molecule has 0 saturated heterocycles. The smallest absolute Gasteiger partial charge is 0.173 e. The molecule has 21 heavy (non-hydrogen) atoms. The summed E-state index contributed by atoms with van der Waals surface area (Å²) in [5, 5.41) is 8.33. The maximum absolute atomic E-state index is 5.50. The van der Waals surface area contributed by atoms with Crippen molar-refractivity contribution in [2.45, 2.75) is 33.9 Å². The van der Waals surface area contributed by atoms with Gasteiger partial charge in [0.25, 0.3) is 0 Å². The number of aryl methyl sites for hydroxylation is 3. The predicted octanol–water partition coefficient (Wildman–Crippen LogP) is 3.35. The lowest BCUT2D eigenvalue weighted by molar-refractivity contribution is 0.471. The maximum atomic E-state index is 5.50. The lowest BCUT2D eigenvalue weighted by atomic mass is 10.1. The molecule has 0 aliphatic rings. The number of rotatable bonds is 4. The third-order valence-electron chi connectivity index (χ3n) is 3.48. The van der Waals surface area contributed by atoms with Gasteiger partial charge in [0.05, 0.1) is 12.2 Å². The number of benzene rings is 1. The molecule has 2 aromatic rings. The Kier molecular flexibility index (Phi) is 4.96. The first-order valence-electron chi connectivity index (χ1n) is 7.11. The van der Waals surface area contributed by atoms with E-state index in [1.54, 1.807) is 0 Å². The van der Waals surface area contributed by atoms with Gasteiger partial charge >= 0.3 is 0 Å². The summed E-state index contributed by atoms with van der Waals surface area (Å²) in [4.78, 5) is 2.03. The third-order valence-corrected chi connectivity index (χ3v) is 3.90. The Morgan fingerprint density at radius 2 is 2.10 bits per heavy atom. The van der Waals surface area contributed by atoms with Gasteiger partial charge in [-0.3, -0.25) is 4.68 Å². The molecule has 0 atom stereocenters. The van der Waals surface area contributed by atoms with Crippen molar-refractivity contribution in [3.8, 4) is 0 Å². The number of aromatic nitrogens is 2. The van der Waals surface area contributed by atoms with Crippen LogP contribution in [0, 0.1) is 13.8 Å².